The van der Waals surface area contributed by atoms with E-state index in [0.717, 1.165) is 37.2 Å². The van der Waals surface area contributed by atoms with E-state index in [1.54, 1.807) is 14.0 Å². The molecule has 2 amide bonds. The van der Waals surface area contributed by atoms with Gasteiger partial charge in [-0.25, -0.2) is 9.59 Å². The number of carbonyl (C=O) groups is 2. The number of urea groups is 1. The van der Waals surface area contributed by atoms with E-state index in [1.807, 2.05) is 13.0 Å². The molecule has 0 bridgehead atoms. The van der Waals surface area contributed by atoms with E-state index in [1.165, 1.54) is 10.9 Å². The van der Waals surface area contributed by atoms with Gasteiger partial charge in [0.1, 0.15) is 5.75 Å². The molecule has 1 unspecified atom stereocenters. The van der Waals surface area contributed by atoms with Crippen molar-refractivity contribution in [3.63, 3.8) is 0 Å². The maximum atomic E-state index is 12.4. The predicted octanol–water partition coefficient (Wildman–Crippen LogP) is 2.87. The number of esters is 1. The number of aromatic nitrogens is 1. The van der Waals surface area contributed by atoms with Crippen molar-refractivity contribution < 1.29 is 19.1 Å². The molecule has 0 saturated carbocycles. The first-order chi connectivity index (χ1) is 15.0. The Morgan fingerprint density at radius 2 is 2.03 bits per heavy atom. The van der Waals surface area contributed by atoms with Gasteiger partial charge in [-0.3, -0.25) is 4.90 Å². The van der Waals surface area contributed by atoms with Crippen molar-refractivity contribution >= 4 is 22.9 Å². The number of benzene rings is 1. The maximum absolute atomic E-state index is 12.4. The number of hydrogen-bond donors (Lipinski definition) is 3. The molecule has 0 spiro atoms. The molecule has 1 aromatic heterocycles. The van der Waals surface area contributed by atoms with E-state index >= 15 is 0 Å². The molecule has 1 atom stereocenters. The molecule has 2 aromatic rings. The number of aromatic amines is 1. The number of likely N-dealkylation sites (tertiary alicyclic amines) is 1. The number of rotatable bonds is 6. The zero-order valence-electron chi connectivity index (χ0n) is 18.3. The Labute approximate surface area is 182 Å². The van der Waals surface area contributed by atoms with Gasteiger partial charge in [0.25, 0.3) is 0 Å². The molecule has 2 aliphatic rings. The molecule has 1 aromatic carbocycles. The van der Waals surface area contributed by atoms with Gasteiger partial charge in [-0.2, -0.15) is 0 Å². The standard InChI is InChI=1S/C23H30N4O4/c1-4-31-22(28)21-14(2)25-23(29)26-20(21)13-27-9-7-15(8-10-27)18-12-24-19-6-5-16(30-3)11-17(18)19/h5-6,11-12,14-15,24H,4,7-10,13H2,1-3H3,(H2,25,26,29). The monoisotopic (exact) mass is 426 g/mol. The molecule has 3 heterocycles. The summed E-state index contributed by atoms with van der Waals surface area (Å²) in [5, 5.41) is 6.79. The summed E-state index contributed by atoms with van der Waals surface area (Å²) in [6.45, 7) is 6.19. The van der Waals surface area contributed by atoms with Crippen LogP contribution in [-0.4, -0.2) is 61.3 Å². The number of carbonyl (C=O) groups excluding carboxylic acids is 2. The first-order valence-corrected chi connectivity index (χ1v) is 10.8. The summed E-state index contributed by atoms with van der Waals surface area (Å²) >= 11 is 0. The van der Waals surface area contributed by atoms with Crippen molar-refractivity contribution in [1.29, 1.82) is 0 Å². The molecular formula is C23H30N4O4. The van der Waals surface area contributed by atoms with E-state index in [9.17, 15) is 9.59 Å². The molecule has 3 N–H and O–H groups in total. The molecule has 0 aliphatic carbocycles. The molecule has 4 rings (SSSR count). The number of hydrogen-bond acceptors (Lipinski definition) is 5. The van der Waals surface area contributed by atoms with E-state index in [2.05, 4.69) is 38.8 Å². The summed E-state index contributed by atoms with van der Waals surface area (Å²) in [4.78, 5) is 30.1. The molecule has 8 nitrogen and oxygen atoms in total. The molecule has 8 heteroatoms. The first kappa shape index (κ1) is 21.2. The van der Waals surface area contributed by atoms with Gasteiger partial charge in [0.15, 0.2) is 0 Å². The van der Waals surface area contributed by atoms with Crippen LogP contribution in [0.3, 0.4) is 0 Å². The maximum Gasteiger partial charge on any atom is 0.337 e. The summed E-state index contributed by atoms with van der Waals surface area (Å²) in [7, 11) is 1.69. The smallest absolute Gasteiger partial charge is 0.337 e. The quantitative estimate of drug-likeness (QED) is 0.618. The minimum atomic E-state index is -0.375. The van der Waals surface area contributed by atoms with Crippen LogP contribution in [0, 0.1) is 0 Å². The van der Waals surface area contributed by atoms with Crippen molar-refractivity contribution in [2.75, 3.05) is 33.4 Å². The van der Waals surface area contributed by atoms with Crippen molar-refractivity contribution in [1.82, 2.24) is 20.5 Å². The lowest BCUT2D eigenvalue weighted by molar-refractivity contribution is -0.139. The number of piperidine rings is 1. The highest BCUT2D eigenvalue weighted by Crippen LogP contribution is 2.35. The van der Waals surface area contributed by atoms with Gasteiger partial charge in [0.05, 0.1) is 25.3 Å². The van der Waals surface area contributed by atoms with Crippen LogP contribution in [0.1, 0.15) is 38.2 Å². The van der Waals surface area contributed by atoms with E-state index in [4.69, 9.17) is 9.47 Å². The fourth-order valence-corrected chi connectivity index (χ4v) is 4.62. The number of amides is 2. The number of nitrogens with one attached hydrogen (secondary N) is 3. The Bertz CT molecular complexity index is 1000. The summed E-state index contributed by atoms with van der Waals surface area (Å²) in [5.41, 5.74) is 3.59. The lowest BCUT2D eigenvalue weighted by Crippen LogP contribution is -2.51. The van der Waals surface area contributed by atoms with Gasteiger partial charge in [0.2, 0.25) is 0 Å². The molecular weight excluding hydrogens is 396 g/mol. The fourth-order valence-electron chi connectivity index (χ4n) is 4.62. The number of nitrogens with zero attached hydrogens (tertiary/aromatic N) is 1. The second-order valence-corrected chi connectivity index (χ2v) is 8.14. The van der Waals surface area contributed by atoms with Crippen molar-refractivity contribution in [2.45, 2.75) is 38.6 Å². The van der Waals surface area contributed by atoms with Gasteiger partial charge < -0.3 is 25.1 Å². The van der Waals surface area contributed by atoms with Gasteiger partial charge in [0, 0.05) is 29.3 Å². The van der Waals surface area contributed by atoms with Gasteiger partial charge in [-0.15, -0.1) is 0 Å². The second-order valence-electron chi connectivity index (χ2n) is 8.14. The Morgan fingerprint density at radius 3 is 2.74 bits per heavy atom. The summed E-state index contributed by atoms with van der Waals surface area (Å²) < 4.78 is 10.6. The van der Waals surface area contributed by atoms with E-state index in [-0.39, 0.29) is 18.0 Å². The average Bonchev–Trinajstić information content (AvgIpc) is 3.17. The van der Waals surface area contributed by atoms with Crippen LogP contribution in [-0.2, 0) is 9.53 Å². The number of ether oxygens (including phenoxy) is 2. The lowest BCUT2D eigenvalue weighted by Gasteiger charge is -2.34. The van der Waals surface area contributed by atoms with Crippen LogP contribution in [0.5, 0.6) is 5.75 Å². The predicted molar refractivity (Wildman–Crippen MR) is 118 cm³/mol. The molecule has 2 aliphatic heterocycles. The molecule has 31 heavy (non-hydrogen) atoms. The highest BCUT2D eigenvalue weighted by molar-refractivity contribution is 5.94. The Hall–Kier alpha value is -3.00. The zero-order chi connectivity index (χ0) is 22.0. The fraction of sp³-hybridized carbons (Fsp3) is 0.478. The van der Waals surface area contributed by atoms with Gasteiger partial charge >= 0.3 is 12.0 Å². The molecule has 166 valence electrons. The summed E-state index contributed by atoms with van der Waals surface area (Å²) in [6.07, 6.45) is 4.13. The van der Waals surface area contributed by atoms with E-state index < -0.39 is 0 Å². The Morgan fingerprint density at radius 1 is 1.26 bits per heavy atom. The van der Waals surface area contributed by atoms with Crippen LogP contribution >= 0.6 is 0 Å². The van der Waals surface area contributed by atoms with Crippen LogP contribution in [0.25, 0.3) is 10.9 Å². The topological polar surface area (TPSA) is 95.7 Å². The summed E-state index contributed by atoms with van der Waals surface area (Å²) in [6, 6.07) is 5.46. The Balaban J connectivity index is 1.47. The van der Waals surface area contributed by atoms with Crippen molar-refractivity contribution in [2.24, 2.45) is 0 Å². The third-order valence-corrected chi connectivity index (χ3v) is 6.20. The van der Waals surface area contributed by atoms with Gasteiger partial charge in [-0.1, -0.05) is 0 Å². The van der Waals surface area contributed by atoms with Crippen LogP contribution in [0.4, 0.5) is 4.79 Å². The van der Waals surface area contributed by atoms with Crippen LogP contribution < -0.4 is 15.4 Å². The SMILES string of the molecule is CCOC(=O)C1=C(CN2CCC(c3c[nH]c4ccc(OC)cc34)CC2)NC(=O)NC1C. The third kappa shape index (κ3) is 4.39. The lowest BCUT2D eigenvalue weighted by atomic mass is 9.89. The summed E-state index contributed by atoms with van der Waals surface area (Å²) in [5.74, 6) is 0.942. The third-order valence-electron chi connectivity index (χ3n) is 6.20. The van der Waals surface area contributed by atoms with Gasteiger partial charge in [-0.05, 0) is 69.5 Å². The van der Waals surface area contributed by atoms with Crippen molar-refractivity contribution in [3.05, 3.63) is 41.2 Å². The van der Waals surface area contributed by atoms with Crippen LogP contribution in [0.15, 0.2) is 35.7 Å². The zero-order valence-corrected chi connectivity index (χ0v) is 18.3. The minimum Gasteiger partial charge on any atom is -0.497 e. The normalized spacial score (nSPS) is 20.5. The largest absolute Gasteiger partial charge is 0.497 e. The minimum absolute atomic E-state index is 0.279. The average molecular weight is 427 g/mol. The number of methoxy groups -OCH3 is 1. The second kappa shape index (κ2) is 9.01. The molecule has 1 saturated heterocycles. The van der Waals surface area contributed by atoms with E-state index in [0.29, 0.717) is 30.3 Å². The first-order valence-electron chi connectivity index (χ1n) is 10.8. The molecule has 1 fully saturated rings. The van der Waals surface area contributed by atoms with Crippen LogP contribution in [0.2, 0.25) is 0 Å². The molecule has 0 radical (unpaired) electrons. The van der Waals surface area contributed by atoms with Crippen molar-refractivity contribution in [3.8, 4) is 5.75 Å². The number of H-pyrrole nitrogens is 1. The number of fused-ring (bicyclic) bond motifs is 1. The highest BCUT2D eigenvalue weighted by atomic mass is 16.5. The highest BCUT2D eigenvalue weighted by Gasteiger charge is 2.31. The Kier molecular flexibility index (Phi) is 6.18.